The maximum Gasteiger partial charge on any atom is 0.209 e. The molecule has 0 unspecified atom stereocenters. The highest BCUT2D eigenvalue weighted by Gasteiger charge is 2.46. The summed E-state index contributed by atoms with van der Waals surface area (Å²) in [6.45, 7) is 3.51. The summed E-state index contributed by atoms with van der Waals surface area (Å²) in [5, 5.41) is 9.20. The first-order valence-corrected chi connectivity index (χ1v) is 8.43. The highest BCUT2D eigenvalue weighted by Crippen LogP contribution is 2.36. The molecule has 0 amide bonds. The Morgan fingerprint density at radius 2 is 2.20 bits per heavy atom. The maximum atomic E-state index is 12.0. The Morgan fingerprint density at radius 3 is 2.75 bits per heavy atom. The quantitative estimate of drug-likeness (QED) is 0.878. The van der Waals surface area contributed by atoms with Gasteiger partial charge in [-0.05, 0) is 6.92 Å². The first kappa shape index (κ1) is 15.4. The second-order valence-electron chi connectivity index (χ2n) is 5.03. The fourth-order valence-corrected chi connectivity index (χ4v) is 3.34. The molecule has 1 N–H and O–H groups in total. The van der Waals surface area contributed by atoms with Gasteiger partial charge in [-0.3, -0.25) is 0 Å². The molecule has 6 heteroatoms. The van der Waals surface area contributed by atoms with E-state index in [1.807, 2.05) is 25.1 Å². The van der Waals surface area contributed by atoms with Crippen molar-refractivity contribution in [2.45, 2.75) is 25.7 Å². The Labute approximate surface area is 119 Å². The van der Waals surface area contributed by atoms with Gasteiger partial charge in [-0.2, -0.15) is 0 Å². The van der Waals surface area contributed by atoms with E-state index in [2.05, 4.69) is 0 Å². The molecule has 1 fully saturated rings. The van der Waals surface area contributed by atoms with Gasteiger partial charge in [0.1, 0.15) is 11.9 Å². The third-order valence-corrected chi connectivity index (χ3v) is 5.07. The highest BCUT2D eigenvalue weighted by atomic mass is 32.2. The summed E-state index contributed by atoms with van der Waals surface area (Å²) in [6.07, 6.45) is -0.498. The lowest BCUT2D eigenvalue weighted by molar-refractivity contribution is -0.162. The van der Waals surface area contributed by atoms with Gasteiger partial charge in [0.15, 0.2) is 9.84 Å². The van der Waals surface area contributed by atoms with Crippen molar-refractivity contribution < 1.29 is 23.0 Å². The molecule has 20 heavy (non-hydrogen) atoms. The van der Waals surface area contributed by atoms with Crippen LogP contribution in [0.4, 0.5) is 0 Å². The standard InChI is InChI=1S/C14H20O5S/c1-3-20(16,17)10-14(18-9-13(8-15)19-14)12-6-4-5-11(2)7-12/h4-7,13,15H,3,8-10H2,1-2H3/t13-,14-/m1/s1. The smallest absolute Gasteiger partial charge is 0.209 e. The number of sulfone groups is 1. The van der Waals surface area contributed by atoms with Gasteiger partial charge in [0.2, 0.25) is 5.79 Å². The Morgan fingerprint density at radius 1 is 1.45 bits per heavy atom. The van der Waals surface area contributed by atoms with E-state index < -0.39 is 21.7 Å². The Balaban J connectivity index is 2.40. The molecule has 1 aliphatic heterocycles. The van der Waals surface area contributed by atoms with Crippen LogP contribution >= 0.6 is 0 Å². The molecular weight excluding hydrogens is 280 g/mol. The van der Waals surface area contributed by atoms with Crippen molar-refractivity contribution in [1.29, 1.82) is 0 Å². The summed E-state index contributed by atoms with van der Waals surface area (Å²) in [7, 11) is -3.29. The van der Waals surface area contributed by atoms with Gasteiger partial charge in [0.05, 0.1) is 13.2 Å². The van der Waals surface area contributed by atoms with E-state index in [0.717, 1.165) is 5.56 Å². The molecule has 5 nitrogen and oxygen atoms in total. The van der Waals surface area contributed by atoms with Gasteiger partial charge in [-0.15, -0.1) is 0 Å². The van der Waals surface area contributed by atoms with Crippen molar-refractivity contribution in [2.24, 2.45) is 0 Å². The van der Waals surface area contributed by atoms with Crippen LogP contribution in [-0.2, 0) is 25.1 Å². The molecule has 0 radical (unpaired) electrons. The maximum absolute atomic E-state index is 12.0. The number of hydrogen-bond donors (Lipinski definition) is 1. The third-order valence-electron chi connectivity index (χ3n) is 3.37. The molecule has 0 spiro atoms. The van der Waals surface area contributed by atoms with E-state index in [1.54, 1.807) is 13.0 Å². The van der Waals surface area contributed by atoms with Crippen molar-refractivity contribution in [3.05, 3.63) is 35.4 Å². The van der Waals surface area contributed by atoms with Crippen LogP contribution in [0.3, 0.4) is 0 Å². The first-order valence-electron chi connectivity index (χ1n) is 6.61. The Hall–Kier alpha value is -0.950. The zero-order valence-electron chi connectivity index (χ0n) is 11.7. The summed E-state index contributed by atoms with van der Waals surface area (Å²) in [6, 6.07) is 7.40. The van der Waals surface area contributed by atoms with E-state index in [4.69, 9.17) is 9.47 Å². The van der Waals surface area contributed by atoms with Crippen LogP contribution < -0.4 is 0 Å². The summed E-state index contributed by atoms with van der Waals surface area (Å²) in [5.74, 6) is -1.53. The molecule has 0 saturated carbocycles. The zero-order valence-corrected chi connectivity index (χ0v) is 12.5. The van der Waals surface area contributed by atoms with Crippen molar-refractivity contribution in [1.82, 2.24) is 0 Å². The minimum absolute atomic E-state index is 0.0249. The molecule has 2 atom stereocenters. The average Bonchev–Trinajstić information content (AvgIpc) is 2.83. The number of ether oxygens (including phenoxy) is 2. The number of aliphatic hydroxyl groups is 1. The lowest BCUT2D eigenvalue weighted by Gasteiger charge is -2.28. The minimum atomic E-state index is -3.29. The SMILES string of the molecule is CCS(=O)(=O)C[C@@]1(c2cccc(C)c2)OC[C@@H](CO)O1. The van der Waals surface area contributed by atoms with Crippen molar-refractivity contribution in [3.8, 4) is 0 Å². The first-order chi connectivity index (χ1) is 9.41. The van der Waals surface area contributed by atoms with Gasteiger partial charge in [-0.25, -0.2) is 8.42 Å². The molecule has 1 aromatic carbocycles. The number of benzene rings is 1. The van der Waals surface area contributed by atoms with Gasteiger partial charge < -0.3 is 14.6 Å². The van der Waals surface area contributed by atoms with Crippen LogP contribution in [0.25, 0.3) is 0 Å². The third kappa shape index (κ3) is 3.20. The molecule has 1 aromatic rings. The Kier molecular flexibility index (Phi) is 4.49. The zero-order chi connectivity index (χ0) is 14.8. The molecule has 1 saturated heterocycles. The van der Waals surface area contributed by atoms with Gasteiger partial charge in [0.25, 0.3) is 0 Å². The fourth-order valence-electron chi connectivity index (χ4n) is 2.24. The fraction of sp³-hybridized carbons (Fsp3) is 0.571. The summed E-state index contributed by atoms with van der Waals surface area (Å²) >= 11 is 0. The average molecular weight is 300 g/mol. The summed E-state index contributed by atoms with van der Waals surface area (Å²) in [5.41, 5.74) is 1.67. The highest BCUT2D eigenvalue weighted by molar-refractivity contribution is 7.91. The van der Waals surface area contributed by atoms with E-state index >= 15 is 0 Å². The predicted molar refractivity (Wildman–Crippen MR) is 75.1 cm³/mol. The van der Waals surface area contributed by atoms with Gasteiger partial charge >= 0.3 is 0 Å². The van der Waals surface area contributed by atoms with Crippen molar-refractivity contribution in [3.63, 3.8) is 0 Å². The minimum Gasteiger partial charge on any atom is -0.394 e. The topological polar surface area (TPSA) is 72.8 Å². The monoisotopic (exact) mass is 300 g/mol. The van der Waals surface area contributed by atoms with Crippen LogP contribution in [0.1, 0.15) is 18.1 Å². The van der Waals surface area contributed by atoms with Crippen LogP contribution in [0.15, 0.2) is 24.3 Å². The van der Waals surface area contributed by atoms with E-state index in [1.165, 1.54) is 0 Å². The van der Waals surface area contributed by atoms with Crippen LogP contribution in [0, 0.1) is 6.92 Å². The lowest BCUT2D eigenvalue weighted by Crippen LogP contribution is -2.37. The lowest BCUT2D eigenvalue weighted by atomic mass is 10.0. The molecule has 0 bridgehead atoms. The van der Waals surface area contributed by atoms with Crippen molar-refractivity contribution in [2.75, 3.05) is 24.7 Å². The normalized spacial score (nSPS) is 26.9. The van der Waals surface area contributed by atoms with Crippen LogP contribution in [0.5, 0.6) is 0 Å². The molecular formula is C14H20O5S. The van der Waals surface area contributed by atoms with Crippen LogP contribution in [0.2, 0.25) is 0 Å². The molecule has 0 aromatic heterocycles. The second-order valence-corrected chi connectivity index (χ2v) is 7.39. The predicted octanol–water partition coefficient (Wildman–Crippen LogP) is 0.990. The number of hydrogen-bond acceptors (Lipinski definition) is 5. The van der Waals surface area contributed by atoms with E-state index in [0.29, 0.717) is 5.56 Å². The van der Waals surface area contributed by atoms with E-state index in [-0.39, 0.29) is 24.7 Å². The molecule has 112 valence electrons. The molecule has 1 heterocycles. The number of aryl methyl sites for hydroxylation is 1. The van der Waals surface area contributed by atoms with Crippen molar-refractivity contribution >= 4 is 9.84 Å². The molecule has 0 aliphatic carbocycles. The second kappa shape index (κ2) is 5.81. The van der Waals surface area contributed by atoms with Gasteiger partial charge in [-0.1, -0.05) is 36.8 Å². The number of aliphatic hydroxyl groups excluding tert-OH is 1. The number of rotatable bonds is 5. The molecule has 2 rings (SSSR count). The summed E-state index contributed by atoms with van der Waals surface area (Å²) < 4.78 is 35.4. The largest absolute Gasteiger partial charge is 0.394 e. The van der Waals surface area contributed by atoms with Gasteiger partial charge in [0, 0.05) is 11.3 Å². The van der Waals surface area contributed by atoms with E-state index in [9.17, 15) is 13.5 Å². The molecule has 1 aliphatic rings. The summed E-state index contributed by atoms with van der Waals surface area (Å²) in [4.78, 5) is 0. The Bertz CT molecular complexity index is 569. The van der Waals surface area contributed by atoms with Crippen LogP contribution in [-0.4, -0.2) is 44.3 Å².